The summed E-state index contributed by atoms with van der Waals surface area (Å²) in [6, 6.07) is 1.41. The first kappa shape index (κ1) is 17.8. The van der Waals surface area contributed by atoms with E-state index in [0.717, 1.165) is 50.8 Å². The molecule has 8 nitrogen and oxygen atoms in total. The van der Waals surface area contributed by atoms with Crippen molar-refractivity contribution in [3.8, 4) is 0 Å². The lowest BCUT2D eigenvalue weighted by Crippen LogP contribution is -2.52. The topological polar surface area (TPSA) is 99.5 Å². The van der Waals surface area contributed by atoms with Crippen LogP contribution in [-0.4, -0.2) is 48.0 Å². The highest BCUT2D eigenvalue weighted by Gasteiger charge is 2.44. The standard InChI is InChI=1S/C19H22ClN5O3/c20-11-10-12-15(28-16(22-12)17(26)25-8-6-21-7-9-25)13-14(11)23-18(27)24-19(13)4-2-1-3-5-19/h10,21H,1-9H2,(H2,23,24,27). The van der Waals surface area contributed by atoms with E-state index in [4.69, 9.17) is 16.0 Å². The maximum absolute atomic E-state index is 12.9. The van der Waals surface area contributed by atoms with Gasteiger partial charge in [0.2, 0.25) is 0 Å². The number of fused-ring (bicyclic) bond motifs is 4. The summed E-state index contributed by atoms with van der Waals surface area (Å²) in [4.78, 5) is 31.4. The van der Waals surface area contributed by atoms with Gasteiger partial charge >= 0.3 is 11.9 Å². The first-order valence-electron chi connectivity index (χ1n) is 9.80. The molecule has 2 fully saturated rings. The van der Waals surface area contributed by atoms with Crippen LogP contribution in [0.1, 0.15) is 48.4 Å². The van der Waals surface area contributed by atoms with Gasteiger partial charge in [-0.1, -0.05) is 30.9 Å². The largest absolute Gasteiger partial charge is 0.432 e. The zero-order valence-corrected chi connectivity index (χ0v) is 16.2. The fourth-order valence-electron chi connectivity index (χ4n) is 4.66. The van der Waals surface area contributed by atoms with Crippen LogP contribution in [0.5, 0.6) is 0 Å². The van der Waals surface area contributed by atoms with Crippen LogP contribution in [0.25, 0.3) is 11.1 Å². The Hall–Kier alpha value is -2.32. The molecular weight excluding hydrogens is 382 g/mol. The smallest absolute Gasteiger partial charge is 0.319 e. The van der Waals surface area contributed by atoms with Crippen LogP contribution in [0.3, 0.4) is 0 Å². The molecule has 1 aromatic carbocycles. The van der Waals surface area contributed by atoms with Gasteiger partial charge in [-0.15, -0.1) is 0 Å². The van der Waals surface area contributed by atoms with Crippen LogP contribution in [0.15, 0.2) is 10.5 Å². The molecule has 0 bridgehead atoms. The minimum atomic E-state index is -0.534. The maximum Gasteiger partial charge on any atom is 0.319 e. The van der Waals surface area contributed by atoms with Gasteiger partial charge in [0, 0.05) is 31.7 Å². The Morgan fingerprint density at radius 2 is 1.96 bits per heavy atom. The molecule has 1 spiro atoms. The number of urea groups is 1. The average molecular weight is 404 g/mol. The fraction of sp³-hybridized carbons (Fsp3) is 0.526. The minimum Gasteiger partial charge on any atom is -0.432 e. The molecule has 3 heterocycles. The number of rotatable bonds is 1. The molecule has 3 aliphatic rings. The highest BCUT2D eigenvalue weighted by molar-refractivity contribution is 6.35. The van der Waals surface area contributed by atoms with Crippen molar-refractivity contribution in [3.05, 3.63) is 22.5 Å². The Morgan fingerprint density at radius 3 is 2.71 bits per heavy atom. The number of hydrogen-bond donors (Lipinski definition) is 3. The molecule has 1 aromatic heterocycles. The molecule has 3 N–H and O–H groups in total. The number of hydrogen-bond acceptors (Lipinski definition) is 5. The minimum absolute atomic E-state index is 0.0734. The van der Waals surface area contributed by atoms with Crippen LogP contribution in [0, 0.1) is 0 Å². The molecule has 1 saturated carbocycles. The summed E-state index contributed by atoms with van der Waals surface area (Å²) in [6.45, 7) is 2.76. The number of carbonyl (C=O) groups is 2. The number of piperazine rings is 1. The number of carbonyl (C=O) groups excluding carboxylic acids is 2. The maximum atomic E-state index is 12.9. The first-order chi connectivity index (χ1) is 13.6. The van der Waals surface area contributed by atoms with Crippen LogP contribution >= 0.6 is 11.6 Å². The van der Waals surface area contributed by atoms with Crippen LogP contribution < -0.4 is 16.0 Å². The molecule has 0 unspecified atom stereocenters. The lowest BCUT2D eigenvalue weighted by Gasteiger charge is -2.42. The lowest BCUT2D eigenvalue weighted by molar-refractivity contribution is 0.0697. The molecule has 148 valence electrons. The Morgan fingerprint density at radius 1 is 1.21 bits per heavy atom. The van der Waals surface area contributed by atoms with Gasteiger partial charge in [0.15, 0.2) is 5.58 Å². The van der Waals surface area contributed by atoms with Gasteiger partial charge in [-0.3, -0.25) is 4.79 Å². The first-order valence-corrected chi connectivity index (χ1v) is 10.2. The van der Waals surface area contributed by atoms with Crippen molar-refractivity contribution >= 4 is 40.3 Å². The molecule has 28 heavy (non-hydrogen) atoms. The van der Waals surface area contributed by atoms with E-state index in [9.17, 15) is 9.59 Å². The SMILES string of the molecule is O=C1Nc2c(Cl)cc3nc(C(=O)N4CCNCC4)oc3c2C2(CCCCC2)N1. The van der Waals surface area contributed by atoms with E-state index >= 15 is 0 Å². The van der Waals surface area contributed by atoms with Crippen molar-refractivity contribution in [2.24, 2.45) is 0 Å². The number of nitrogens with one attached hydrogen (secondary N) is 3. The predicted octanol–water partition coefficient (Wildman–Crippen LogP) is 2.82. The van der Waals surface area contributed by atoms with E-state index in [1.807, 2.05) is 0 Å². The van der Waals surface area contributed by atoms with E-state index < -0.39 is 5.54 Å². The molecule has 9 heteroatoms. The third kappa shape index (κ3) is 2.74. The van der Waals surface area contributed by atoms with Crippen molar-refractivity contribution < 1.29 is 14.0 Å². The number of halogens is 1. The monoisotopic (exact) mass is 403 g/mol. The summed E-state index contributed by atoms with van der Waals surface area (Å²) in [5, 5.41) is 9.57. The molecule has 2 aromatic rings. The van der Waals surface area contributed by atoms with Crippen molar-refractivity contribution in [2.75, 3.05) is 31.5 Å². The molecule has 2 aliphatic heterocycles. The highest BCUT2D eigenvalue weighted by Crippen LogP contribution is 2.48. The Bertz CT molecular complexity index is 960. The number of nitrogens with zero attached hydrogens (tertiary/aromatic N) is 2. The third-order valence-electron chi connectivity index (χ3n) is 6.00. The molecule has 0 radical (unpaired) electrons. The molecule has 0 atom stereocenters. The van der Waals surface area contributed by atoms with E-state index in [1.54, 1.807) is 11.0 Å². The summed E-state index contributed by atoms with van der Waals surface area (Å²) >= 11 is 6.50. The fourth-order valence-corrected chi connectivity index (χ4v) is 4.91. The molecular formula is C19H22ClN5O3. The second-order valence-electron chi connectivity index (χ2n) is 7.74. The van der Waals surface area contributed by atoms with Gasteiger partial charge in [-0.05, 0) is 18.9 Å². The van der Waals surface area contributed by atoms with Crippen LogP contribution in [0.4, 0.5) is 10.5 Å². The van der Waals surface area contributed by atoms with Crippen molar-refractivity contribution in [2.45, 2.75) is 37.6 Å². The Kier molecular flexibility index (Phi) is 4.21. The van der Waals surface area contributed by atoms with Crippen molar-refractivity contribution in [1.82, 2.24) is 20.5 Å². The summed E-state index contributed by atoms with van der Waals surface area (Å²) in [7, 11) is 0. The molecule has 1 aliphatic carbocycles. The van der Waals surface area contributed by atoms with Crippen molar-refractivity contribution in [3.63, 3.8) is 0 Å². The predicted molar refractivity (Wildman–Crippen MR) is 105 cm³/mol. The van der Waals surface area contributed by atoms with Crippen LogP contribution in [-0.2, 0) is 5.54 Å². The Balaban J connectivity index is 1.65. The quantitative estimate of drug-likeness (QED) is 0.680. The van der Waals surface area contributed by atoms with Gasteiger partial charge in [0.1, 0.15) is 5.52 Å². The van der Waals surface area contributed by atoms with E-state index in [-0.39, 0.29) is 17.8 Å². The number of oxazole rings is 1. The zero-order chi connectivity index (χ0) is 19.3. The average Bonchev–Trinajstić information content (AvgIpc) is 3.12. The molecule has 1 saturated heterocycles. The lowest BCUT2D eigenvalue weighted by atomic mass is 9.74. The summed E-state index contributed by atoms with van der Waals surface area (Å²) in [5.41, 5.74) is 1.93. The zero-order valence-electron chi connectivity index (χ0n) is 15.4. The van der Waals surface area contributed by atoms with E-state index in [2.05, 4.69) is 20.9 Å². The number of benzene rings is 1. The molecule has 3 amide bonds. The summed E-state index contributed by atoms with van der Waals surface area (Å²) in [5.74, 6) is -0.141. The van der Waals surface area contributed by atoms with Gasteiger partial charge in [-0.25, -0.2) is 9.78 Å². The van der Waals surface area contributed by atoms with Crippen molar-refractivity contribution in [1.29, 1.82) is 0 Å². The third-order valence-corrected chi connectivity index (χ3v) is 6.29. The van der Waals surface area contributed by atoms with Gasteiger partial charge < -0.3 is 25.3 Å². The normalized spacial score (nSPS) is 21.3. The van der Waals surface area contributed by atoms with E-state index in [1.165, 1.54) is 0 Å². The second kappa shape index (κ2) is 6.63. The highest BCUT2D eigenvalue weighted by atomic mass is 35.5. The van der Waals surface area contributed by atoms with E-state index in [0.29, 0.717) is 34.9 Å². The number of amides is 3. The van der Waals surface area contributed by atoms with Gasteiger partial charge in [0.05, 0.1) is 16.2 Å². The molecule has 5 rings (SSSR count). The summed E-state index contributed by atoms with van der Waals surface area (Å²) in [6.07, 6.45) is 4.77. The van der Waals surface area contributed by atoms with Gasteiger partial charge in [0.25, 0.3) is 5.89 Å². The number of aromatic nitrogens is 1. The van der Waals surface area contributed by atoms with Crippen LogP contribution in [0.2, 0.25) is 5.02 Å². The number of anilines is 1. The Labute approximate surface area is 167 Å². The summed E-state index contributed by atoms with van der Waals surface area (Å²) < 4.78 is 6.03. The second-order valence-corrected chi connectivity index (χ2v) is 8.15. The van der Waals surface area contributed by atoms with Gasteiger partial charge in [-0.2, -0.15) is 0 Å².